The number of rotatable bonds is 4. The third-order valence-electron chi connectivity index (χ3n) is 2.07. The number of ether oxygens (including phenoxy) is 1. The normalized spacial score (nSPS) is 10.3. The number of methoxy groups -OCH3 is 1. The molecule has 2 aromatic rings. The molecule has 0 unspecified atom stereocenters. The first-order valence-electron chi connectivity index (χ1n) is 4.72. The second-order valence-electron chi connectivity index (χ2n) is 3.09. The minimum absolute atomic E-state index is 0.301. The largest absolute Gasteiger partial charge is 0.490 e. The van der Waals surface area contributed by atoms with Crippen molar-refractivity contribution in [3.05, 3.63) is 32.3 Å². The highest BCUT2D eigenvalue weighted by Crippen LogP contribution is 2.30. The molecule has 0 radical (unpaired) electrons. The van der Waals surface area contributed by atoms with Crippen molar-refractivity contribution < 1.29 is 4.74 Å². The van der Waals surface area contributed by atoms with Gasteiger partial charge in [0.15, 0.2) is 16.7 Å². The van der Waals surface area contributed by atoms with Gasteiger partial charge in [-0.1, -0.05) is 11.6 Å². The van der Waals surface area contributed by atoms with Crippen molar-refractivity contribution in [3.8, 4) is 5.75 Å². The van der Waals surface area contributed by atoms with Crippen molar-refractivity contribution in [1.29, 1.82) is 0 Å². The highest BCUT2D eigenvalue weighted by atomic mass is 79.9. The topological polar surface area (TPSA) is 47.0 Å². The van der Waals surface area contributed by atoms with E-state index in [1.165, 1.54) is 18.3 Å². The molecule has 0 atom stereocenters. The fourth-order valence-corrected chi connectivity index (χ4v) is 2.92. The lowest BCUT2D eigenvalue weighted by Gasteiger charge is -2.09. The van der Waals surface area contributed by atoms with Crippen molar-refractivity contribution in [1.82, 2.24) is 9.97 Å². The van der Waals surface area contributed by atoms with Crippen LogP contribution in [0.15, 0.2) is 22.2 Å². The van der Waals surface area contributed by atoms with Crippen LogP contribution in [0.3, 0.4) is 0 Å². The molecule has 2 aromatic heterocycles. The van der Waals surface area contributed by atoms with E-state index in [-0.39, 0.29) is 0 Å². The van der Waals surface area contributed by atoms with E-state index in [4.69, 9.17) is 16.3 Å². The summed E-state index contributed by atoms with van der Waals surface area (Å²) in [6, 6.07) is 2.01. The summed E-state index contributed by atoms with van der Waals surface area (Å²) >= 11 is 11.0. The maximum Gasteiger partial charge on any atom is 0.198 e. The van der Waals surface area contributed by atoms with Crippen LogP contribution < -0.4 is 10.1 Å². The van der Waals surface area contributed by atoms with Gasteiger partial charge in [-0.2, -0.15) is 0 Å². The summed E-state index contributed by atoms with van der Waals surface area (Å²) in [7, 11) is 1.54. The Morgan fingerprint density at radius 1 is 1.53 bits per heavy atom. The fraction of sp³-hybridized carbons (Fsp3) is 0.200. The first-order valence-corrected chi connectivity index (χ1v) is 6.77. The summed E-state index contributed by atoms with van der Waals surface area (Å²) in [6.07, 6.45) is 1.40. The zero-order valence-electron chi connectivity index (χ0n) is 8.91. The number of thiophene rings is 1. The van der Waals surface area contributed by atoms with E-state index in [0.29, 0.717) is 23.3 Å². The average molecular weight is 335 g/mol. The van der Waals surface area contributed by atoms with Gasteiger partial charge in [0.25, 0.3) is 0 Å². The summed E-state index contributed by atoms with van der Waals surface area (Å²) in [4.78, 5) is 9.14. The predicted octanol–water partition coefficient (Wildman–Crippen LogP) is 3.57. The van der Waals surface area contributed by atoms with Crippen LogP contribution in [0.4, 0.5) is 5.82 Å². The van der Waals surface area contributed by atoms with Gasteiger partial charge >= 0.3 is 0 Å². The van der Waals surface area contributed by atoms with Crippen molar-refractivity contribution in [3.63, 3.8) is 0 Å². The van der Waals surface area contributed by atoms with Crippen molar-refractivity contribution in [2.75, 3.05) is 12.4 Å². The second kappa shape index (κ2) is 5.66. The van der Waals surface area contributed by atoms with Crippen LogP contribution in [0.5, 0.6) is 5.75 Å². The molecule has 0 aliphatic carbocycles. The van der Waals surface area contributed by atoms with Gasteiger partial charge in [-0.25, -0.2) is 9.97 Å². The van der Waals surface area contributed by atoms with Crippen LogP contribution in [0.2, 0.25) is 5.15 Å². The Labute approximate surface area is 116 Å². The van der Waals surface area contributed by atoms with Crippen molar-refractivity contribution >= 4 is 44.7 Å². The monoisotopic (exact) mass is 333 g/mol. The molecule has 0 aliphatic heterocycles. The summed E-state index contributed by atoms with van der Waals surface area (Å²) in [5.41, 5.74) is 0. The molecule has 0 saturated carbocycles. The van der Waals surface area contributed by atoms with Crippen LogP contribution in [0.25, 0.3) is 0 Å². The van der Waals surface area contributed by atoms with E-state index >= 15 is 0 Å². The molecule has 4 nitrogen and oxygen atoms in total. The number of nitrogens with one attached hydrogen (secondary N) is 1. The summed E-state index contributed by atoms with van der Waals surface area (Å²) < 4.78 is 6.23. The Balaban J connectivity index is 2.14. The summed E-state index contributed by atoms with van der Waals surface area (Å²) in [5.74, 6) is 1.05. The van der Waals surface area contributed by atoms with Crippen molar-refractivity contribution in [2.45, 2.75) is 6.54 Å². The molecule has 17 heavy (non-hydrogen) atoms. The second-order valence-corrected chi connectivity index (χ2v) is 5.30. The van der Waals surface area contributed by atoms with Crippen LogP contribution >= 0.6 is 38.9 Å². The van der Waals surface area contributed by atoms with Gasteiger partial charge in [-0.3, -0.25) is 0 Å². The van der Waals surface area contributed by atoms with Gasteiger partial charge in [0, 0.05) is 9.35 Å². The standard InChI is InChI=1S/C10H9BrClN3OS/c1-16-8-9(12)14-5-15-10(8)13-4-7-6(11)2-3-17-7/h2-3,5H,4H2,1H3,(H,13,14,15). The molecule has 0 spiro atoms. The third kappa shape index (κ3) is 2.88. The first-order chi connectivity index (χ1) is 8.22. The Bertz CT molecular complexity index is 520. The Morgan fingerprint density at radius 2 is 2.35 bits per heavy atom. The van der Waals surface area contributed by atoms with E-state index in [1.54, 1.807) is 11.3 Å². The van der Waals surface area contributed by atoms with Crippen LogP contribution in [-0.4, -0.2) is 17.1 Å². The molecule has 7 heteroatoms. The number of anilines is 1. The smallest absolute Gasteiger partial charge is 0.198 e. The van der Waals surface area contributed by atoms with Gasteiger partial charge in [-0.05, 0) is 27.4 Å². The molecule has 0 aromatic carbocycles. The van der Waals surface area contributed by atoms with Crippen LogP contribution in [-0.2, 0) is 6.54 Å². The van der Waals surface area contributed by atoms with E-state index in [9.17, 15) is 0 Å². The number of halogens is 2. The van der Waals surface area contributed by atoms with Crippen LogP contribution in [0, 0.1) is 0 Å². The van der Waals surface area contributed by atoms with Gasteiger partial charge < -0.3 is 10.1 Å². The lowest BCUT2D eigenvalue weighted by molar-refractivity contribution is 0.413. The van der Waals surface area contributed by atoms with E-state index in [0.717, 1.165) is 4.47 Å². The van der Waals surface area contributed by atoms with Crippen LogP contribution in [0.1, 0.15) is 4.88 Å². The maximum absolute atomic E-state index is 5.90. The molecule has 0 fully saturated rings. The predicted molar refractivity (Wildman–Crippen MR) is 72.9 cm³/mol. The van der Waals surface area contributed by atoms with Gasteiger partial charge in [0.05, 0.1) is 13.7 Å². The maximum atomic E-state index is 5.90. The third-order valence-corrected chi connectivity index (χ3v) is 4.27. The number of aromatic nitrogens is 2. The lowest BCUT2D eigenvalue weighted by Crippen LogP contribution is -2.03. The molecule has 2 heterocycles. The highest BCUT2D eigenvalue weighted by Gasteiger charge is 2.10. The van der Waals surface area contributed by atoms with Crippen molar-refractivity contribution in [2.24, 2.45) is 0 Å². The average Bonchev–Trinajstić information content (AvgIpc) is 2.72. The first kappa shape index (κ1) is 12.6. The highest BCUT2D eigenvalue weighted by molar-refractivity contribution is 9.10. The number of hydrogen-bond donors (Lipinski definition) is 1. The van der Waals surface area contributed by atoms with E-state index < -0.39 is 0 Å². The minimum atomic E-state index is 0.301. The zero-order chi connectivity index (χ0) is 12.3. The summed E-state index contributed by atoms with van der Waals surface area (Å²) in [6.45, 7) is 0.655. The molecule has 0 saturated heterocycles. The van der Waals surface area contributed by atoms with Gasteiger partial charge in [0.2, 0.25) is 0 Å². The summed E-state index contributed by atoms with van der Waals surface area (Å²) in [5, 5.41) is 5.49. The quantitative estimate of drug-likeness (QED) is 0.868. The molecule has 90 valence electrons. The zero-order valence-corrected chi connectivity index (χ0v) is 12.1. The Kier molecular flexibility index (Phi) is 4.20. The lowest BCUT2D eigenvalue weighted by atomic mass is 10.4. The van der Waals surface area contributed by atoms with Gasteiger partial charge in [-0.15, -0.1) is 11.3 Å². The van der Waals surface area contributed by atoms with E-state index in [1.807, 2.05) is 11.4 Å². The number of nitrogens with zero attached hydrogens (tertiary/aromatic N) is 2. The fourth-order valence-electron chi connectivity index (χ4n) is 1.27. The Hall–Kier alpha value is -0.850. The number of hydrogen-bond acceptors (Lipinski definition) is 5. The molecule has 1 N–H and O–H groups in total. The van der Waals surface area contributed by atoms with Gasteiger partial charge in [0.1, 0.15) is 6.33 Å². The molecule has 0 amide bonds. The molecule has 0 aliphatic rings. The molecular weight excluding hydrogens is 326 g/mol. The molecular formula is C10H9BrClN3OS. The minimum Gasteiger partial charge on any atom is -0.490 e. The van der Waals surface area contributed by atoms with E-state index in [2.05, 4.69) is 31.2 Å². The molecule has 0 bridgehead atoms. The molecule has 2 rings (SSSR count). The Morgan fingerprint density at radius 3 is 3.00 bits per heavy atom. The SMILES string of the molecule is COc1c(Cl)ncnc1NCc1sccc1Br.